The largest absolute Gasteiger partial charge is 0.389 e. The van der Waals surface area contributed by atoms with Crippen molar-refractivity contribution in [2.24, 2.45) is 5.73 Å². The van der Waals surface area contributed by atoms with Gasteiger partial charge in [-0.2, -0.15) is 5.26 Å². The van der Waals surface area contributed by atoms with Gasteiger partial charge in [-0.1, -0.05) is 40.3 Å². The standard InChI is InChI=1S/C10H7BrN2S/c11-9-3-1-7(2-4-9)5-8(6-12)10(13)14/h1-5H,(H2,13,14)/b8-5-. The minimum atomic E-state index is 0.121. The second-order valence-corrected chi connectivity index (χ2v) is 3.94. The molecule has 1 rings (SSSR count). The Balaban J connectivity index is 3.03. The molecule has 0 spiro atoms. The van der Waals surface area contributed by atoms with E-state index >= 15 is 0 Å². The molecule has 70 valence electrons. The van der Waals surface area contributed by atoms with Crippen LogP contribution < -0.4 is 5.73 Å². The van der Waals surface area contributed by atoms with Gasteiger partial charge in [0.2, 0.25) is 0 Å². The minimum Gasteiger partial charge on any atom is -0.389 e. The maximum atomic E-state index is 8.72. The lowest BCUT2D eigenvalue weighted by Gasteiger charge is -1.96. The Hall–Kier alpha value is -1.18. The summed E-state index contributed by atoms with van der Waals surface area (Å²) in [6.45, 7) is 0. The Morgan fingerprint density at radius 2 is 2.00 bits per heavy atom. The smallest absolute Gasteiger partial charge is 0.114 e. The SMILES string of the molecule is N#C/C(=C/c1ccc(Br)cc1)C(N)=S. The molecule has 0 radical (unpaired) electrons. The van der Waals surface area contributed by atoms with Crippen molar-refractivity contribution in [3.05, 3.63) is 39.9 Å². The molecule has 0 aliphatic carbocycles. The third-order valence-electron chi connectivity index (χ3n) is 1.57. The van der Waals surface area contributed by atoms with Crippen LogP contribution in [-0.4, -0.2) is 4.99 Å². The van der Waals surface area contributed by atoms with Crippen LogP contribution in [0.15, 0.2) is 34.3 Å². The average Bonchev–Trinajstić information content (AvgIpc) is 2.16. The number of hydrogen-bond donors (Lipinski definition) is 1. The van der Waals surface area contributed by atoms with Gasteiger partial charge < -0.3 is 5.73 Å². The van der Waals surface area contributed by atoms with Crippen LogP contribution in [-0.2, 0) is 0 Å². The maximum Gasteiger partial charge on any atom is 0.114 e. The summed E-state index contributed by atoms with van der Waals surface area (Å²) in [5.41, 5.74) is 6.58. The van der Waals surface area contributed by atoms with Crippen LogP contribution in [0.1, 0.15) is 5.56 Å². The number of thiocarbonyl (C=S) groups is 1. The zero-order valence-corrected chi connectivity index (χ0v) is 9.60. The van der Waals surface area contributed by atoms with Gasteiger partial charge in [0.05, 0.1) is 5.57 Å². The monoisotopic (exact) mass is 266 g/mol. The summed E-state index contributed by atoms with van der Waals surface area (Å²) in [7, 11) is 0. The van der Waals surface area contributed by atoms with Crippen molar-refractivity contribution in [1.82, 2.24) is 0 Å². The highest BCUT2D eigenvalue weighted by Crippen LogP contribution is 2.13. The van der Waals surface area contributed by atoms with E-state index in [1.807, 2.05) is 30.3 Å². The van der Waals surface area contributed by atoms with Crippen LogP contribution in [0.25, 0.3) is 6.08 Å². The van der Waals surface area contributed by atoms with Crippen molar-refractivity contribution in [1.29, 1.82) is 5.26 Å². The molecule has 0 fully saturated rings. The molecule has 0 saturated carbocycles. The van der Waals surface area contributed by atoms with Crippen molar-refractivity contribution in [3.63, 3.8) is 0 Å². The quantitative estimate of drug-likeness (QED) is 0.509. The van der Waals surface area contributed by atoms with Crippen molar-refractivity contribution in [3.8, 4) is 6.07 Å². The van der Waals surface area contributed by atoms with Gasteiger partial charge in [-0.25, -0.2) is 0 Å². The molecule has 2 N–H and O–H groups in total. The third kappa shape index (κ3) is 2.95. The van der Waals surface area contributed by atoms with E-state index in [0.717, 1.165) is 10.0 Å². The molecule has 1 aromatic carbocycles. The fourth-order valence-electron chi connectivity index (χ4n) is 0.884. The van der Waals surface area contributed by atoms with Crippen LogP contribution >= 0.6 is 28.1 Å². The predicted octanol–water partition coefficient (Wildman–Crippen LogP) is 2.64. The number of benzene rings is 1. The van der Waals surface area contributed by atoms with Crippen molar-refractivity contribution < 1.29 is 0 Å². The maximum absolute atomic E-state index is 8.72. The molecule has 0 atom stereocenters. The summed E-state index contributed by atoms with van der Waals surface area (Å²) < 4.78 is 0.989. The van der Waals surface area contributed by atoms with E-state index in [4.69, 9.17) is 23.2 Å². The number of nitrogens with two attached hydrogens (primary N) is 1. The normalized spacial score (nSPS) is 10.7. The van der Waals surface area contributed by atoms with Gasteiger partial charge >= 0.3 is 0 Å². The van der Waals surface area contributed by atoms with Crippen LogP contribution in [0.5, 0.6) is 0 Å². The molecule has 2 nitrogen and oxygen atoms in total. The van der Waals surface area contributed by atoms with E-state index in [1.54, 1.807) is 6.08 Å². The molecule has 0 unspecified atom stereocenters. The fourth-order valence-corrected chi connectivity index (χ4v) is 1.25. The van der Waals surface area contributed by atoms with E-state index in [9.17, 15) is 0 Å². The number of nitriles is 1. The highest BCUT2D eigenvalue weighted by molar-refractivity contribution is 9.10. The second kappa shape index (κ2) is 4.89. The number of rotatable bonds is 2. The minimum absolute atomic E-state index is 0.121. The molecular weight excluding hydrogens is 260 g/mol. The zero-order chi connectivity index (χ0) is 10.6. The first-order valence-corrected chi connectivity index (χ1v) is 5.01. The lowest BCUT2D eigenvalue weighted by molar-refractivity contribution is 1.51. The summed E-state index contributed by atoms with van der Waals surface area (Å²) in [6.07, 6.45) is 1.66. The first-order valence-electron chi connectivity index (χ1n) is 3.80. The second-order valence-electron chi connectivity index (χ2n) is 2.59. The van der Waals surface area contributed by atoms with Crippen LogP contribution in [0.2, 0.25) is 0 Å². The Kier molecular flexibility index (Phi) is 3.81. The van der Waals surface area contributed by atoms with Gasteiger partial charge in [-0.05, 0) is 23.8 Å². The Morgan fingerprint density at radius 3 is 2.43 bits per heavy atom. The highest BCUT2D eigenvalue weighted by Gasteiger charge is 1.98. The lowest BCUT2D eigenvalue weighted by atomic mass is 10.1. The first-order chi connectivity index (χ1) is 6.63. The van der Waals surface area contributed by atoms with E-state index < -0.39 is 0 Å². The van der Waals surface area contributed by atoms with Gasteiger partial charge in [0, 0.05) is 4.47 Å². The molecule has 0 aromatic heterocycles. The first kappa shape index (κ1) is 10.9. The molecule has 0 bridgehead atoms. The summed E-state index contributed by atoms with van der Waals surface area (Å²) in [5.74, 6) is 0. The average molecular weight is 267 g/mol. The van der Waals surface area contributed by atoms with Gasteiger partial charge in [-0.3, -0.25) is 0 Å². The molecule has 0 saturated heterocycles. The van der Waals surface area contributed by atoms with Crippen molar-refractivity contribution in [2.45, 2.75) is 0 Å². The highest BCUT2D eigenvalue weighted by atomic mass is 79.9. The number of halogens is 1. The number of hydrogen-bond acceptors (Lipinski definition) is 2. The molecule has 0 aliphatic heterocycles. The van der Waals surface area contributed by atoms with E-state index in [0.29, 0.717) is 5.57 Å². The summed E-state index contributed by atoms with van der Waals surface area (Å²) in [5, 5.41) is 8.72. The van der Waals surface area contributed by atoms with Crippen LogP contribution in [0, 0.1) is 11.3 Å². The van der Waals surface area contributed by atoms with E-state index in [1.165, 1.54) is 0 Å². The van der Waals surface area contributed by atoms with Crippen LogP contribution in [0.3, 0.4) is 0 Å². The van der Waals surface area contributed by atoms with Gasteiger partial charge in [-0.15, -0.1) is 0 Å². The van der Waals surface area contributed by atoms with E-state index in [2.05, 4.69) is 15.9 Å². The summed E-state index contributed by atoms with van der Waals surface area (Å²) >= 11 is 8.04. The van der Waals surface area contributed by atoms with E-state index in [-0.39, 0.29) is 4.99 Å². The summed E-state index contributed by atoms with van der Waals surface area (Å²) in [4.78, 5) is 0.121. The molecule has 14 heavy (non-hydrogen) atoms. The lowest BCUT2D eigenvalue weighted by Crippen LogP contribution is -2.09. The summed E-state index contributed by atoms with van der Waals surface area (Å²) in [6, 6.07) is 9.48. The third-order valence-corrected chi connectivity index (χ3v) is 2.32. The van der Waals surface area contributed by atoms with Crippen molar-refractivity contribution in [2.75, 3.05) is 0 Å². The molecule has 4 heteroatoms. The fraction of sp³-hybridized carbons (Fsp3) is 0. The Labute approximate surface area is 96.2 Å². The van der Waals surface area contributed by atoms with Crippen molar-refractivity contribution >= 4 is 39.2 Å². The molecule has 0 heterocycles. The van der Waals surface area contributed by atoms with Gasteiger partial charge in [0.25, 0.3) is 0 Å². The molecular formula is C10H7BrN2S. The molecule has 0 aliphatic rings. The zero-order valence-electron chi connectivity index (χ0n) is 7.20. The Bertz CT molecular complexity index is 415. The Morgan fingerprint density at radius 1 is 1.43 bits per heavy atom. The topological polar surface area (TPSA) is 49.8 Å². The predicted molar refractivity (Wildman–Crippen MR) is 64.5 cm³/mol. The van der Waals surface area contributed by atoms with Gasteiger partial charge in [0.15, 0.2) is 0 Å². The van der Waals surface area contributed by atoms with Gasteiger partial charge in [0.1, 0.15) is 11.1 Å². The van der Waals surface area contributed by atoms with Crippen LogP contribution in [0.4, 0.5) is 0 Å². The number of nitrogens with zero attached hydrogens (tertiary/aromatic N) is 1. The molecule has 0 amide bonds. The molecule has 1 aromatic rings.